The highest BCUT2D eigenvalue weighted by atomic mass is 32.2. The van der Waals surface area contributed by atoms with E-state index in [0.717, 1.165) is 23.1 Å². The van der Waals surface area contributed by atoms with Gasteiger partial charge in [-0.15, -0.1) is 0 Å². The van der Waals surface area contributed by atoms with E-state index in [0.29, 0.717) is 29.8 Å². The van der Waals surface area contributed by atoms with Crippen molar-refractivity contribution >= 4 is 28.6 Å². The predicted octanol–water partition coefficient (Wildman–Crippen LogP) is 5.14. The molecule has 1 atom stereocenters. The molecule has 0 aliphatic carbocycles. The normalized spacial score (nSPS) is 11.8. The number of carboxylic acids is 1. The van der Waals surface area contributed by atoms with E-state index >= 15 is 0 Å². The minimum absolute atomic E-state index is 0.318. The maximum Gasteiger partial charge on any atom is 0.335 e. The van der Waals surface area contributed by atoms with Gasteiger partial charge < -0.3 is 5.11 Å². The molecular formula is C23H23NO4S. The summed E-state index contributed by atoms with van der Waals surface area (Å²) in [6.45, 7) is 1.97. The van der Waals surface area contributed by atoms with Crippen LogP contribution in [0.25, 0.3) is 0 Å². The zero-order chi connectivity index (χ0) is 20.8. The van der Waals surface area contributed by atoms with Gasteiger partial charge in [-0.25, -0.2) is 13.3 Å². The first kappa shape index (κ1) is 20.8. The van der Waals surface area contributed by atoms with Gasteiger partial charge in [0.25, 0.3) is 11.3 Å². The highest BCUT2D eigenvalue weighted by Gasteiger charge is 2.18. The highest BCUT2D eigenvalue weighted by molar-refractivity contribution is 7.81. The maximum atomic E-state index is 12.1. The summed E-state index contributed by atoms with van der Waals surface area (Å²) < 4.78 is 23.5. The van der Waals surface area contributed by atoms with Crippen molar-refractivity contribution in [1.29, 1.82) is 0 Å². The molecule has 0 aliphatic rings. The van der Waals surface area contributed by atoms with Crippen LogP contribution in [-0.4, -0.2) is 19.8 Å². The van der Waals surface area contributed by atoms with E-state index in [4.69, 9.17) is 0 Å². The molecule has 1 unspecified atom stereocenters. The van der Waals surface area contributed by atoms with Gasteiger partial charge in [0.05, 0.1) is 16.9 Å². The Kier molecular flexibility index (Phi) is 6.80. The minimum atomic E-state index is -2.22. The number of hydrogen-bond donors (Lipinski definition) is 2. The van der Waals surface area contributed by atoms with Gasteiger partial charge in [0.15, 0.2) is 0 Å². The van der Waals surface area contributed by atoms with Gasteiger partial charge in [0.1, 0.15) is 0 Å². The fourth-order valence-corrected chi connectivity index (χ4v) is 3.98. The van der Waals surface area contributed by atoms with Crippen LogP contribution in [0.4, 0.5) is 11.4 Å². The van der Waals surface area contributed by atoms with Crippen LogP contribution in [0.2, 0.25) is 0 Å². The Labute approximate surface area is 173 Å². The van der Waals surface area contributed by atoms with E-state index in [1.54, 1.807) is 12.1 Å². The highest BCUT2D eigenvalue weighted by Crippen LogP contribution is 2.31. The van der Waals surface area contributed by atoms with Gasteiger partial charge in [-0.2, -0.15) is 0 Å². The lowest BCUT2D eigenvalue weighted by Gasteiger charge is -2.23. The third-order valence-electron chi connectivity index (χ3n) is 4.78. The van der Waals surface area contributed by atoms with E-state index in [1.807, 2.05) is 67.6 Å². The number of carboxylic acid groups (broad SMARTS) is 1. The Morgan fingerprint density at radius 2 is 1.48 bits per heavy atom. The second kappa shape index (κ2) is 9.49. The summed E-state index contributed by atoms with van der Waals surface area (Å²) in [5.74, 6) is -0.928. The first-order valence-corrected chi connectivity index (χ1v) is 10.4. The number of aromatic carboxylic acids is 1. The van der Waals surface area contributed by atoms with Crippen LogP contribution in [0.15, 0.2) is 72.8 Å². The molecule has 0 fully saturated rings. The van der Waals surface area contributed by atoms with E-state index < -0.39 is 17.2 Å². The second-order valence-electron chi connectivity index (χ2n) is 6.81. The number of carbonyl (C=O) groups is 1. The molecular weight excluding hydrogens is 386 g/mol. The summed E-state index contributed by atoms with van der Waals surface area (Å²) in [5.41, 5.74) is 4.42. The number of anilines is 2. The Bertz CT molecular complexity index is 1020. The molecule has 0 amide bonds. The molecule has 0 aromatic heterocycles. The monoisotopic (exact) mass is 409 g/mol. The lowest BCUT2D eigenvalue weighted by atomic mass is 9.99. The van der Waals surface area contributed by atoms with E-state index in [9.17, 15) is 18.7 Å². The largest absolute Gasteiger partial charge is 0.478 e. The first-order valence-electron chi connectivity index (χ1n) is 9.34. The molecule has 29 heavy (non-hydrogen) atoms. The standard InChI is InChI=1S/C23H23NO4S/c1-17-13-15-20(16-14-17)24(29(27)28)22-12-5-3-8-19(22)10-6-9-18-7-2-4-11-21(18)23(25)26/h2-5,7-8,11-16H,6,9-10H2,1H3,(H,25,26)(H,27,28). The third-order valence-corrected chi connectivity index (χ3v) is 5.49. The van der Waals surface area contributed by atoms with Crippen LogP contribution >= 0.6 is 0 Å². The molecule has 5 nitrogen and oxygen atoms in total. The Morgan fingerprint density at radius 1 is 0.897 bits per heavy atom. The Balaban J connectivity index is 1.82. The molecule has 0 spiro atoms. The van der Waals surface area contributed by atoms with Crippen LogP contribution < -0.4 is 4.31 Å². The number of para-hydroxylation sites is 1. The van der Waals surface area contributed by atoms with Crippen LogP contribution in [-0.2, 0) is 24.1 Å². The smallest absolute Gasteiger partial charge is 0.335 e. The van der Waals surface area contributed by atoms with Gasteiger partial charge in [-0.05, 0) is 61.6 Å². The van der Waals surface area contributed by atoms with Gasteiger partial charge in [0, 0.05) is 0 Å². The fraction of sp³-hybridized carbons (Fsp3) is 0.174. The van der Waals surface area contributed by atoms with Crippen molar-refractivity contribution < 1.29 is 18.7 Å². The Morgan fingerprint density at radius 3 is 2.14 bits per heavy atom. The molecule has 6 heteroatoms. The summed E-state index contributed by atoms with van der Waals surface area (Å²) in [6.07, 6.45) is 1.99. The van der Waals surface area contributed by atoms with E-state index in [2.05, 4.69) is 0 Å². The van der Waals surface area contributed by atoms with Crippen molar-refractivity contribution in [3.05, 3.63) is 95.1 Å². The summed E-state index contributed by atoms with van der Waals surface area (Å²) >= 11 is -2.22. The summed E-state index contributed by atoms with van der Waals surface area (Å²) in [4.78, 5) is 11.4. The zero-order valence-electron chi connectivity index (χ0n) is 16.1. The lowest BCUT2D eigenvalue weighted by molar-refractivity contribution is 0.0695. The summed E-state index contributed by atoms with van der Waals surface area (Å²) in [5, 5.41) is 9.34. The average Bonchev–Trinajstić information content (AvgIpc) is 2.71. The van der Waals surface area contributed by atoms with E-state index in [1.165, 1.54) is 4.31 Å². The van der Waals surface area contributed by atoms with Crippen molar-refractivity contribution in [2.75, 3.05) is 4.31 Å². The van der Waals surface area contributed by atoms with Crippen LogP contribution in [0, 0.1) is 6.92 Å². The van der Waals surface area contributed by atoms with Crippen molar-refractivity contribution in [2.45, 2.75) is 26.2 Å². The molecule has 0 bridgehead atoms. The van der Waals surface area contributed by atoms with Crippen molar-refractivity contribution in [3.8, 4) is 0 Å². The van der Waals surface area contributed by atoms with Crippen molar-refractivity contribution in [1.82, 2.24) is 0 Å². The molecule has 3 rings (SSSR count). The molecule has 150 valence electrons. The van der Waals surface area contributed by atoms with Crippen molar-refractivity contribution in [2.24, 2.45) is 0 Å². The molecule has 2 N–H and O–H groups in total. The third kappa shape index (κ3) is 5.10. The minimum Gasteiger partial charge on any atom is -0.478 e. The molecule has 0 aliphatic heterocycles. The number of benzene rings is 3. The van der Waals surface area contributed by atoms with Gasteiger partial charge in [-0.1, -0.05) is 54.1 Å². The number of nitrogens with zero attached hydrogens (tertiary/aromatic N) is 1. The molecule has 0 saturated carbocycles. The van der Waals surface area contributed by atoms with Gasteiger partial charge >= 0.3 is 5.97 Å². The zero-order valence-corrected chi connectivity index (χ0v) is 16.9. The first-order chi connectivity index (χ1) is 14.0. The van der Waals surface area contributed by atoms with Crippen molar-refractivity contribution in [3.63, 3.8) is 0 Å². The topological polar surface area (TPSA) is 77.8 Å². The predicted molar refractivity (Wildman–Crippen MR) is 116 cm³/mol. The van der Waals surface area contributed by atoms with Crippen LogP contribution in [0.5, 0.6) is 0 Å². The van der Waals surface area contributed by atoms with Crippen LogP contribution in [0.1, 0.15) is 33.5 Å². The van der Waals surface area contributed by atoms with E-state index in [-0.39, 0.29) is 0 Å². The number of aryl methyl sites for hydroxylation is 3. The molecule has 3 aromatic rings. The molecule has 3 aromatic carbocycles. The quantitative estimate of drug-likeness (QED) is 0.505. The maximum absolute atomic E-state index is 12.1. The lowest BCUT2D eigenvalue weighted by Crippen LogP contribution is -2.20. The van der Waals surface area contributed by atoms with Crippen LogP contribution in [0.3, 0.4) is 0 Å². The summed E-state index contributed by atoms with van der Waals surface area (Å²) in [6, 6.07) is 22.0. The number of rotatable bonds is 8. The Hall–Kier alpha value is -2.96. The van der Waals surface area contributed by atoms with Gasteiger partial charge in [0.2, 0.25) is 0 Å². The van der Waals surface area contributed by atoms with Gasteiger partial charge in [-0.3, -0.25) is 4.55 Å². The molecule has 0 saturated heterocycles. The second-order valence-corrected chi connectivity index (χ2v) is 7.63. The average molecular weight is 410 g/mol. The summed E-state index contributed by atoms with van der Waals surface area (Å²) in [7, 11) is 0. The molecule has 0 radical (unpaired) electrons. The number of hydrogen-bond acceptors (Lipinski definition) is 2. The fourth-order valence-electron chi connectivity index (χ4n) is 3.33. The molecule has 0 heterocycles. The SMILES string of the molecule is Cc1ccc(N(c2ccccc2CCCc2ccccc2C(=O)O)S(=O)O)cc1.